The van der Waals surface area contributed by atoms with Gasteiger partial charge in [0.1, 0.15) is 0 Å². The maximum atomic E-state index is 12.5. The largest absolute Gasteiger partial charge is 0.340 e. The van der Waals surface area contributed by atoms with Crippen LogP contribution < -0.4 is 11.3 Å². The molecule has 0 radical (unpaired) electrons. The smallest absolute Gasteiger partial charge is 0.250 e. The minimum absolute atomic E-state index is 0.0653. The summed E-state index contributed by atoms with van der Waals surface area (Å²) in [5, 5.41) is 0. The molecule has 3 rings (SSSR count). The number of nitrogens with two attached hydrogens (primary N) is 1. The van der Waals surface area contributed by atoms with Gasteiger partial charge in [-0.05, 0) is 36.8 Å². The van der Waals surface area contributed by atoms with Gasteiger partial charge in [-0.15, -0.1) is 0 Å². The van der Waals surface area contributed by atoms with Crippen LogP contribution in [-0.4, -0.2) is 46.5 Å². The molecular formula is C16H23N3O2S. The number of amides is 1. The summed E-state index contributed by atoms with van der Waals surface area (Å²) in [7, 11) is 0. The average molecular weight is 321 g/mol. The molecule has 3 atom stereocenters. The Morgan fingerprint density at radius 2 is 2.23 bits per heavy atom. The van der Waals surface area contributed by atoms with E-state index in [0.717, 1.165) is 37.4 Å². The molecule has 0 aromatic carbocycles. The van der Waals surface area contributed by atoms with E-state index in [1.807, 2.05) is 27.9 Å². The van der Waals surface area contributed by atoms with Gasteiger partial charge in [0, 0.05) is 37.3 Å². The first-order chi connectivity index (χ1) is 10.6. The van der Waals surface area contributed by atoms with Crippen LogP contribution in [0.1, 0.15) is 24.5 Å². The first kappa shape index (κ1) is 15.6. The zero-order valence-electron chi connectivity index (χ0n) is 12.9. The molecule has 0 aliphatic carbocycles. The van der Waals surface area contributed by atoms with Crippen LogP contribution in [0.4, 0.5) is 0 Å². The van der Waals surface area contributed by atoms with Crippen LogP contribution in [0.2, 0.25) is 0 Å². The van der Waals surface area contributed by atoms with Crippen molar-refractivity contribution in [2.45, 2.75) is 31.3 Å². The van der Waals surface area contributed by atoms with Gasteiger partial charge in [0.25, 0.3) is 5.56 Å². The van der Waals surface area contributed by atoms with Crippen molar-refractivity contribution in [3.05, 3.63) is 34.2 Å². The van der Waals surface area contributed by atoms with Gasteiger partial charge in [-0.2, -0.15) is 11.8 Å². The van der Waals surface area contributed by atoms with E-state index in [9.17, 15) is 9.59 Å². The predicted octanol–water partition coefficient (Wildman–Crippen LogP) is 0.874. The highest BCUT2D eigenvalue weighted by molar-refractivity contribution is 7.98. The second-order valence-electron chi connectivity index (χ2n) is 6.33. The van der Waals surface area contributed by atoms with E-state index in [1.54, 1.807) is 17.8 Å². The monoisotopic (exact) mass is 321 g/mol. The van der Waals surface area contributed by atoms with Crippen molar-refractivity contribution in [3.63, 3.8) is 0 Å². The molecule has 6 heteroatoms. The summed E-state index contributed by atoms with van der Waals surface area (Å²) in [5.74, 6) is 1.60. The van der Waals surface area contributed by atoms with E-state index < -0.39 is 6.04 Å². The van der Waals surface area contributed by atoms with Crippen LogP contribution in [0.5, 0.6) is 0 Å². The Hall–Kier alpha value is -1.27. The highest BCUT2D eigenvalue weighted by Gasteiger charge is 2.37. The van der Waals surface area contributed by atoms with Crippen LogP contribution in [-0.2, 0) is 11.3 Å². The van der Waals surface area contributed by atoms with Crippen molar-refractivity contribution in [2.24, 2.45) is 11.7 Å². The first-order valence-electron chi connectivity index (χ1n) is 7.83. The zero-order valence-corrected chi connectivity index (χ0v) is 13.7. The van der Waals surface area contributed by atoms with Crippen LogP contribution in [0.15, 0.2) is 23.0 Å². The Morgan fingerprint density at radius 1 is 1.41 bits per heavy atom. The van der Waals surface area contributed by atoms with Crippen LogP contribution in [0.25, 0.3) is 0 Å². The van der Waals surface area contributed by atoms with Gasteiger partial charge in [0.2, 0.25) is 5.91 Å². The quantitative estimate of drug-likeness (QED) is 0.894. The Kier molecular flexibility index (Phi) is 4.59. The molecule has 1 aromatic heterocycles. The van der Waals surface area contributed by atoms with Gasteiger partial charge < -0.3 is 15.2 Å². The molecule has 3 heterocycles. The van der Waals surface area contributed by atoms with Crippen LogP contribution in [0.3, 0.4) is 0 Å². The summed E-state index contributed by atoms with van der Waals surface area (Å²) in [4.78, 5) is 26.5. The number of carbonyl (C=O) groups excluding carboxylic acids is 1. The van der Waals surface area contributed by atoms with E-state index in [2.05, 4.69) is 0 Å². The Morgan fingerprint density at radius 3 is 3.00 bits per heavy atom. The first-order valence-corrected chi connectivity index (χ1v) is 9.22. The molecule has 2 aliphatic heterocycles. The topological polar surface area (TPSA) is 68.3 Å². The van der Waals surface area contributed by atoms with Gasteiger partial charge in [-0.25, -0.2) is 0 Å². The molecule has 1 saturated heterocycles. The minimum atomic E-state index is -0.399. The molecule has 1 aromatic rings. The van der Waals surface area contributed by atoms with Gasteiger partial charge >= 0.3 is 0 Å². The number of piperidine rings is 1. The molecule has 2 aliphatic rings. The molecule has 2 N–H and O–H groups in total. The molecule has 0 unspecified atom stereocenters. The van der Waals surface area contributed by atoms with Crippen LogP contribution in [0, 0.1) is 5.92 Å². The van der Waals surface area contributed by atoms with Crippen molar-refractivity contribution in [1.82, 2.24) is 9.47 Å². The highest BCUT2D eigenvalue weighted by atomic mass is 32.2. The van der Waals surface area contributed by atoms with Gasteiger partial charge in [-0.1, -0.05) is 6.07 Å². The lowest BCUT2D eigenvalue weighted by molar-refractivity contribution is -0.135. The van der Waals surface area contributed by atoms with Gasteiger partial charge in [0.15, 0.2) is 0 Å². The maximum Gasteiger partial charge on any atom is 0.250 e. The van der Waals surface area contributed by atoms with Crippen molar-refractivity contribution in [1.29, 1.82) is 0 Å². The molecule has 0 spiro atoms. The minimum Gasteiger partial charge on any atom is -0.340 e. The molecule has 1 amide bonds. The Labute approximate surface area is 134 Å². The third kappa shape index (κ3) is 2.94. The highest BCUT2D eigenvalue weighted by Crippen LogP contribution is 2.35. The van der Waals surface area contributed by atoms with E-state index in [-0.39, 0.29) is 17.4 Å². The Balaban J connectivity index is 1.76. The summed E-state index contributed by atoms with van der Waals surface area (Å²) in [5.41, 5.74) is 7.18. The lowest BCUT2D eigenvalue weighted by Crippen LogP contribution is -2.53. The molecule has 22 heavy (non-hydrogen) atoms. The number of thioether (sulfide) groups is 1. The SMILES string of the molecule is CSCC[C@@H](N)C(=O)N1C[C@@H]2C[C@@H](C1)c1cccc(=O)n1C2. The average Bonchev–Trinajstić information content (AvgIpc) is 2.52. The fraction of sp³-hybridized carbons (Fsp3) is 0.625. The third-order valence-electron chi connectivity index (χ3n) is 4.74. The number of hydrogen-bond acceptors (Lipinski definition) is 4. The van der Waals surface area contributed by atoms with Crippen molar-refractivity contribution in [2.75, 3.05) is 25.1 Å². The number of hydrogen-bond donors (Lipinski definition) is 1. The van der Waals surface area contributed by atoms with Gasteiger partial charge in [-0.3, -0.25) is 9.59 Å². The van der Waals surface area contributed by atoms with E-state index in [4.69, 9.17) is 5.73 Å². The number of fused-ring (bicyclic) bond motifs is 4. The lowest BCUT2D eigenvalue weighted by Gasteiger charge is -2.43. The molecular weight excluding hydrogens is 298 g/mol. The summed E-state index contributed by atoms with van der Waals surface area (Å²) >= 11 is 1.71. The molecule has 2 bridgehead atoms. The normalized spacial score (nSPS) is 24.7. The zero-order chi connectivity index (χ0) is 15.7. The van der Waals surface area contributed by atoms with E-state index >= 15 is 0 Å². The molecule has 0 saturated carbocycles. The molecule has 5 nitrogen and oxygen atoms in total. The number of likely N-dealkylation sites (tertiary alicyclic amines) is 1. The number of nitrogens with zero attached hydrogens (tertiary/aromatic N) is 2. The van der Waals surface area contributed by atoms with Crippen LogP contribution >= 0.6 is 11.8 Å². The van der Waals surface area contributed by atoms with E-state index in [1.165, 1.54) is 0 Å². The fourth-order valence-electron chi connectivity index (χ4n) is 3.68. The number of rotatable bonds is 4. The Bertz CT molecular complexity index is 616. The summed E-state index contributed by atoms with van der Waals surface area (Å²) in [6.07, 6.45) is 3.81. The second-order valence-corrected chi connectivity index (χ2v) is 7.31. The van der Waals surface area contributed by atoms with Crippen molar-refractivity contribution in [3.8, 4) is 0 Å². The summed E-state index contributed by atoms with van der Waals surface area (Å²) < 4.78 is 1.88. The standard InChI is InChI=1S/C16H23N3O2S/c1-22-6-5-13(17)16(21)18-8-11-7-12(10-18)14-3-2-4-15(20)19(14)9-11/h2-4,11-13H,5-10,17H2,1H3/t11-,12-,13+/m0/s1. The van der Waals surface area contributed by atoms with E-state index in [0.29, 0.717) is 12.5 Å². The predicted molar refractivity (Wildman–Crippen MR) is 89.1 cm³/mol. The molecule has 1 fully saturated rings. The fourth-order valence-corrected chi connectivity index (χ4v) is 4.17. The van der Waals surface area contributed by atoms with Crippen molar-refractivity contribution < 1.29 is 4.79 Å². The summed E-state index contributed by atoms with van der Waals surface area (Å²) in [6.45, 7) is 2.13. The third-order valence-corrected chi connectivity index (χ3v) is 5.39. The molecule has 120 valence electrons. The van der Waals surface area contributed by atoms with Crippen molar-refractivity contribution >= 4 is 17.7 Å². The lowest BCUT2D eigenvalue weighted by atomic mass is 9.83. The maximum absolute atomic E-state index is 12.5. The number of aromatic nitrogens is 1. The second kappa shape index (κ2) is 6.46. The van der Waals surface area contributed by atoms with Gasteiger partial charge in [0.05, 0.1) is 6.04 Å². The summed E-state index contributed by atoms with van der Waals surface area (Å²) in [6, 6.07) is 5.05. The number of pyridine rings is 1. The number of carbonyl (C=O) groups is 1.